The van der Waals surface area contributed by atoms with Crippen LogP contribution < -0.4 is 10.2 Å². The molecule has 0 aliphatic carbocycles. The predicted octanol–water partition coefficient (Wildman–Crippen LogP) is 3.47. The highest BCUT2D eigenvalue weighted by Crippen LogP contribution is 2.26. The average Bonchev–Trinajstić information content (AvgIpc) is 2.77. The van der Waals surface area contributed by atoms with Crippen LogP contribution >= 0.6 is 0 Å². The van der Waals surface area contributed by atoms with Crippen molar-refractivity contribution < 1.29 is 19.1 Å². The number of amides is 2. The summed E-state index contributed by atoms with van der Waals surface area (Å²) in [4.78, 5) is 38.3. The summed E-state index contributed by atoms with van der Waals surface area (Å²) in [7, 11) is 0. The van der Waals surface area contributed by atoms with Gasteiger partial charge in [0.05, 0.1) is 5.69 Å². The molecule has 0 aromatic heterocycles. The van der Waals surface area contributed by atoms with Gasteiger partial charge in [-0.05, 0) is 37.4 Å². The first-order chi connectivity index (χ1) is 14.5. The number of nitrogens with zero attached hydrogens (tertiary/aromatic N) is 1. The van der Waals surface area contributed by atoms with Gasteiger partial charge in [0.15, 0.2) is 6.61 Å². The second kappa shape index (κ2) is 9.69. The molecule has 30 heavy (non-hydrogen) atoms. The van der Waals surface area contributed by atoms with Crippen molar-refractivity contribution in [3.8, 4) is 0 Å². The molecule has 0 aliphatic rings. The SMILES string of the molecule is CCN(C(=O)COC(=O)CNC(=O)c1ccc(C)cc1)c1cccc2ccccc12. The Balaban J connectivity index is 1.56. The molecule has 154 valence electrons. The van der Waals surface area contributed by atoms with Gasteiger partial charge in [-0.15, -0.1) is 0 Å². The number of nitrogens with one attached hydrogen (secondary N) is 1. The fourth-order valence-corrected chi connectivity index (χ4v) is 3.16. The van der Waals surface area contributed by atoms with Gasteiger partial charge in [0, 0.05) is 17.5 Å². The molecule has 3 aromatic rings. The van der Waals surface area contributed by atoms with E-state index in [0.29, 0.717) is 12.1 Å². The molecule has 0 fully saturated rings. The molecule has 0 saturated heterocycles. The summed E-state index contributed by atoms with van der Waals surface area (Å²) in [6.45, 7) is 3.53. The van der Waals surface area contributed by atoms with E-state index in [9.17, 15) is 14.4 Å². The summed E-state index contributed by atoms with van der Waals surface area (Å²) in [6.07, 6.45) is 0. The van der Waals surface area contributed by atoms with E-state index >= 15 is 0 Å². The number of likely N-dealkylation sites (N-methyl/N-ethyl adjacent to an activating group) is 1. The molecule has 0 spiro atoms. The number of aryl methyl sites for hydroxylation is 1. The molecular formula is C24H24N2O4. The molecule has 0 bridgehead atoms. The quantitative estimate of drug-likeness (QED) is 0.612. The van der Waals surface area contributed by atoms with Crippen LogP contribution in [0.25, 0.3) is 10.8 Å². The van der Waals surface area contributed by atoms with Crippen molar-refractivity contribution in [2.24, 2.45) is 0 Å². The lowest BCUT2D eigenvalue weighted by Crippen LogP contribution is -2.36. The molecular weight excluding hydrogens is 380 g/mol. The van der Waals surface area contributed by atoms with Gasteiger partial charge >= 0.3 is 5.97 Å². The molecule has 3 rings (SSSR count). The van der Waals surface area contributed by atoms with Crippen LogP contribution in [0.15, 0.2) is 66.7 Å². The van der Waals surface area contributed by atoms with Gasteiger partial charge in [-0.1, -0.05) is 54.1 Å². The van der Waals surface area contributed by atoms with Crippen LogP contribution in [-0.4, -0.2) is 37.5 Å². The van der Waals surface area contributed by atoms with Crippen LogP contribution in [0.4, 0.5) is 5.69 Å². The van der Waals surface area contributed by atoms with Crippen LogP contribution in [0.5, 0.6) is 0 Å². The van der Waals surface area contributed by atoms with Gasteiger partial charge < -0.3 is 15.0 Å². The molecule has 0 unspecified atom stereocenters. The predicted molar refractivity (Wildman–Crippen MR) is 116 cm³/mol. The smallest absolute Gasteiger partial charge is 0.325 e. The van der Waals surface area contributed by atoms with E-state index in [1.807, 2.05) is 68.4 Å². The van der Waals surface area contributed by atoms with Crippen LogP contribution in [0.3, 0.4) is 0 Å². The van der Waals surface area contributed by atoms with E-state index in [4.69, 9.17) is 4.74 Å². The van der Waals surface area contributed by atoms with Crippen molar-refractivity contribution in [2.75, 3.05) is 24.6 Å². The molecule has 0 saturated carbocycles. The number of rotatable bonds is 7. The molecule has 2 amide bonds. The van der Waals surface area contributed by atoms with Crippen LogP contribution in [0.1, 0.15) is 22.8 Å². The maximum absolute atomic E-state index is 12.7. The molecule has 6 heteroatoms. The van der Waals surface area contributed by atoms with E-state index in [0.717, 1.165) is 22.0 Å². The lowest BCUT2D eigenvalue weighted by atomic mass is 10.1. The van der Waals surface area contributed by atoms with Crippen molar-refractivity contribution in [2.45, 2.75) is 13.8 Å². The molecule has 3 aromatic carbocycles. The van der Waals surface area contributed by atoms with Crippen LogP contribution in [0.2, 0.25) is 0 Å². The highest BCUT2D eigenvalue weighted by molar-refractivity contribution is 6.04. The average molecular weight is 404 g/mol. The van der Waals surface area contributed by atoms with Gasteiger partial charge in [0.1, 0.15) is 6.54 Å². The summed E-state index contributed by atoms with van der Waals surface area (Å²) >= 11 is 0. The largest absolute Gasteiger partial charge is 0.454 e. The van der Waals surface area contributed by atoms with Crippen molar-refractivity contribution >= 4 is 34.2 Å². The Morgan fingerprint density at radius 3 is 2.37 bits per heavy atom. The number of benzene rings is 3. The fraction of sp³-hybridized carbons (Fsp3) is 0.208. The fourth-order valence-electron chi connectivity index (χ4n) is 3.16. The maximum Gasteiger partial charge on any atom is 0.325 e. The minimum Gasteiger partial charge on any atom is -0.454 e. The zero-order chi connectivity index (χ0) is 21.5. The van der Waals surface area contributed by atoms with E-state index in [2.05, 4.69) is 5.32 Å². The van der Waals surface area contributed by atoms with Gasteiger partial charge in [0.25, 0.3) is 11.8 Å². The van der Waals surface area contributed by atoms with Gasteiger partial charge in [-0.3, -0.25) is 14.4 Å². The summed E-state index contributed by atoms with van der Waals surface area (Å²) in [6, 6.07) is 20.5. The third-order valence-electron chi connectivity index (χ3n) is 4.74. The zero-order valence-electron chi connectivity index (χ0n) is 17.1. The first kappa shape index (κ1) is 21.0. The number of ether oxygens (including phenoxy) is 1. The molecule has 0 radical (unpaired) electrons. The first-order valence-electron chi connectivity index (χ1n) is 9.78. The van der Waals surface area contributed by atoms with Gasteiger partial charge in [-0.25, -0.2) is 0 Å². The molecule has 0 atom stereocenters. The topological polar surface area (TPSA) is 75.7 Å². The highest BCUT2D eigenvalue weighted by Gasteiger charge is 2.18. The maximum atomic E-state index is 12.7. The summed E-state index contributed by atoms with van der Waals surface area (Å²) in [5, 5.41) is 4.48. The number of hydrogen-bond acceptors (Lipinski definition) is 4. The second-order valence-corrected chi connectivity index (χ2v) is 6.85. The summed E-state index contributed by atoms with van der Waals surface area (Å²) in [5.41, 5.74) is 2.26. The number of carbonyl (C=O) groups is 3. The molecule has 0 heterocycles. The molecule has 1 N–H and O–H groups in total. The standard InChI is InChI=1S/C24H24N2O4/c1-3-26(21-10-6-8-18-7-4-5-9-20(18)21)22(27)16-30-23(28)15-25-24(29)19-13-11-17(2)12-14-19/h4-14H,3,15-16H2,1-2H3,(H,25,29). The van der Waals surface area contributed by atoms with Crippen molar-refractivity contribution in [1.29, 1.82) is 0 Å². The van der Waals surface area contributed by atoms with Crippen LogP contribution in [-0.2, 0) is 14.3 Å². The second-order valence-electron chi connectivity index (χ2n) is 6.85. The van der Waals surface area contributed by atoms with E-state index in [1.165, 1.54) is 0 Å². The van der Waals surface area contributed by atoms with Crippen molar-refractivity contribution in [3.63, 3.8) is 0 Å². The number of esters is 1. The summed E-state index contributed by atoms with van der Waals surface area (Å²) < 4.78 is 5.08. The van der Waals surface area contributed by atoms with Gasteiger partial charge in [-0.2, -0.15) is 0 Å². The minimum atomic E-state index is -0.669. The summed E-state index contributed by atoms with van der Waals surface area (Å²) in [5.74, 6) is -1.37. The van der Waals surface area contributed by atoms with E-state index in [1.54, 1.807) is 17.0 Å². The Morgan fingerprint density at radius 2 is 1.63 bits per heavy atom. The van der Waals surface area contributed by atoms with E-state index in [-0.39, 0.29) is 18.4 Å². The molecule has 6 nitrogen and oxygen atoms in total. The third kappa shape index (κ3) is 5.03. The normalized spacial score (nSPS) is 10.5. The first-order valence-corrected chi connectivity index (χ1v) is 9.78. The van der Waals surface area contributed by atoms with Crippen molar-refractivity contribution in [3.05, 3.63) is 77.9 Å². The number of hydrogen-bond donors (Lipinski definition) is 1. The lowest BCUT2D eigenvalue weighted by Gasteiger charge is -2.22. The number of carbonyl (C=O) groups excluding carboxylic acids is 3. The Morgan fingerprint density at radius 1 is 0.933 bits per heavy atom. The highest BCUT2D eigenvalue weighted by atomic mass is 16.5. The van der Waals surface area contributed by atoms with E-state index < -0.39 is 12.6 Å². The Kier molecular flexibility index (Phi) is 6.80. The number of fused-ring (bicyclic) bond motifs is 1. The Labute approximate surface area is 175 Å². The monoisotopic (exact) mass is 404 g/mol. The van der Waals surface area contributed by atoms with Crippen LogP contribution in [0, 0.1) is 6.92 Å². The zero-order valence-corrected chi connectivity index (χ0v) is 17.1. The number of anilines is 1. The minimum absolute atomic E-state index is 0.305. The van der Waals surface area contributed by atoms with Gasteiger partial charge in [0.2, 0.25) is 0 Å². The molecule has 0 aliphatic heterocycles. The lowest BCUT2D eigenvalue weighted by molar-refractivity contribution is -0.146. The Bertz CT molecular complexity index is 1050. The Hall–Kier alpha value is -3.67. The van der Waals surface area contributed by atoms with Crippen molar-refractivity contribution in [1.82, 2.24) is 5.32 Å². The third-order valence-corrected chi connectivity index (χ3v) is 4.74.